The highest BCUT2D eigenvalue weighted by Gasteiger charge is 2.19. The van der Waals surface area contributed by atoms with Crippen LogP contribution in [0.25, 0.3) is 0 Å². The van der Waals surface area contributed by atoms with E-state index in [1.807, 2.05) is 18.2 Å². The smallest absolute Gasteiger partial charge is 0.221 e. The number of carbonyl (C=O) groups is 1. The number of benzene rings is 1. The highest BCUT2D eigenvalue weighted by Crippen LogP contribution is 2.20. The zero-order valence-corrected chi connectivity index (χ0v) is 13.2. The third-order valence-electron chi connectivity index (χ3n) is 2.99. The molecule has 1 amide bonds. The molecular weight excluding hydrogens is 274 g/mol. The molecule has 0 aromatic heterocycles. The lowest BCUT2D eigenvalue weighted by Gasteiger charge is -2.25. The Morgan fingerprint density at radius 2 is 1.80 bits per heavy atom. The largest absolute Gasteiger partial charge is 0.356 e. The number of hydrogen-bond donors (Lipinski definition) is 1. The molecule has 1 aromatic carbocycles. The lowest BCUT2D eigenvalue weighted by Crippen LogP contribution is -2.35. The quantitative estimate of drug-likeness (QED) is 0.835. The van der Waals surface area contributed by atoms with Gasteiger partial charge in [0.25, 0.3) is 0 Å². The van der Waals surface area contributed by atoms with E-state index >= 15 is 0 Å². The molecule has 0 heterocycles. The average molecular weight is 297 g/mol. The summed E-state index contributed by atoms with van der Waals surface area (Å²) in [5.74, 6) is -0.311. The molecule has 0 spiro atoms. The van der Waals surface area contributed by atoms with Crippen LogP contribution < -0.4 is 5.32 Å². The maximum atomic E-state index is 11.6. The monoisotopic (exact) mass is 297 g/mol. The van der Waals surface area contributed by atoms with Crippen LogP contribution in [-0.4, -0.2) is 32.9 Å². The van der Waals surface area contributed by atoms with Crippen LogP contribution >= 0.6 is 0 Å². The lowest BCUT2D eigenvalue weighted by molar-refractivity contribution is -0.121. The van der Waals surface area contributed by atoms with Crippen LogP contribution in [0.3, 0.4) is 0 Å². The minimum atomic E-state index is -3.08. The first-order chi connectivity index (χ1) is 9.18. The number of sulfone groups is 1. The third-order valence-corrected chi connectivity index (χ3v) is 3.94. The summed E-state index contributed by atoms with van der Waals surface area (Å²) in [6, 6.07) is 10.1. The second kappa shape index (κ2) is 6.88. The number of nitrogens with one attached hydrogen (secondary N) is 1. The Balaban J connectivity index is 2.41. The number of amides is 1. The van der Waals surface area contributed by atoms with Gasteiger partial charge in [-0.25, -0.2) is 8.42 Å². The highest BCUT2D eigenvalue weighted by atomic mass is 32.2. The second-order valence-electron chi connectivity index (χ2n) is 5.98. The molecule has 4 nitrogen and oxygen atoms in total. The summed E-state index contributed by atoms with van der Waals surface area (Å²) in [7, 11) is -3.08. The number of rotatable bonds is 7. The van der Waals surface area contributed by atoms with Crippen LogP contribution in [0, 0.1) is 5.41 Å². The fourth-order valence-electron chi connectivity index (χ4n) is 1.92. The molecule has 0 atom stereocenters. The Bertz CT molecular complexity index is 535. The lowest BCUT2D eigenvalue weighted by atomic mass is 9.85. The van der Waals surface area contributed by atoms with Gasteiger partial charge in [-0.05, 0) is 17.4 Å². The summed E-state index contributed by atoms with van der Waals surface area (Å²) in [5.41, 5.74) is 1.16. The molecule has 0 radical (unpaired) electrons. The van der Waals surface area contributed by atoms with Crippen molar-refractivity contribution in [3.05, 3.63) is 35.9 Å². The van der Waals surface area contributed by atoms with Gasteiger partial charge in [-0.15, -0.1) is 0 Å². The predicted octanol–water partition coefficient (Wildman–Crippen LogP) is 1.81. The molecule has 0 fully saturated rings. The van der Waals surface area contributed by atoms with Crippen LogP contribution in [0.5, 0.6) is 0 Å². The molecule has 1 aromatic rings. The standard InChI is InChI=1S/C15H23NO3S/c1-15(2,11-13-7-5-4-6-8-13)12-16-14(17)9-10-20(3,18)19/h4-8H,9-12H2,1-3H3,(H,16,17). The van der Waals surface area contributed by atoms with E-state index in [-0.39, 0.29) is 23.5 Å². The maximum Gasteiger partial charge on any atom is 0.221 e. The Morgan fingerprint density at radius 1 is 1.20 bits per heavy atom. The fraction of sp³-hybridized carbons (Fsp3) is 0.533. The second-order valence-corrected chi connectivity index (χ2v) is 8.24. The van der Waals surface area contributed by atoms with Crippen molar-refractivity contribution >= 4 is 15.7 Å². The van der Waals surface area contributed by atoms with Crippen LogP contribution in [0.2, 0.25) is 0 Å². The van der Waals surface area contributed by atoms with Gasteiger partial charge in [0.05, 0.1) is 5.75 Å². The number of carbonyl (C=O) groups excluding carboxylic acids is 1. The molecular formula is C15H23NO3S. The summed E-state index contributed by atoms with van der Waals surface area (Å²) in [5, 5.41) is 2.81. The Morgan fingerprint density at radius 3 is 2.35 bits per heavy atom. The molecule has 0 saturated heterocycles. The minimum Gasteiger partial charge on any atom is -0.356 e. The van der Waals surface area contributed by atoms with Crippen LogP contribution in [-0.2, 0) is 21.1 Å². The van der Waals surface area contributed by atoms with E-state index in [0.717, 1.165) is 12.7 Å². The van der Waals surface area contributed by atoms with Gasteiger partial charge in [0, 0.05) is 19.2 Å². The van der Waals surface area contributed by atoms with E-state index in [9.17, 15) is 13.2 Å². The van der Waals surface area contributed by atoms with Crippen molar-refractivity contribution in [2.24, 2.45) is 5.41 Å². The van der Waals surface area contributed by atoms with Crippen molar-refractivity contribution in [3.8, 4) is 0 Å². The molecule has 112 valence electrons. The molecule has 0 unspecified atom stereocenters. The van der Waals surface area contributed by atoms with Crippen molar-refractivity contribution in [1.82, 2.24) is 5.32 Å². The molecule has 0 aliphatic heterocycles. The van der Waals surface area contributed by atoms with Crippen molar-refractivity contribution in [2.75, 3.05) is 18.6 Å². The van der Waals surface area contributed by atoms with E-state index in [1.54, 1.807) is 0 Å². The van der Waals surface area contributed by atoms with Crippen molar-refractivity contribution in [2.45, 2.75) is 26.7 Å². The Kier molecular flexibility index (Phi) is 5.74. The Hall–Kier alpha value is -1.36. The topological polar surface area (TPSA) is 63.2 Å². The van der Waals surface area contributed by atoms with Crippen LogP contribution in [0.1, 0.15) is 25.8 Å². The van der Waals surface area contributed by atoms with E-state index in [0.29, 0.717) is 6.54 Å². The van der Waals surface area contributed by atoms with E-state index in [1.165, 1.54) is 5.56 Å². The van der Waals surface area contributed by atoms with Crippen molar-refractivity contribution < 1.29 is 13.2 Å². The van der Waals surface area contributed by atoms with Gasteiger partial charge in [0.15, 0.2) is 0 Å². The van der Waals surface area contributed by atoms with Gasteiger partial charge in [-0.1, -0.05) is 44.2 Å². The van der Waals surface area contributed by atoms with Gasteiger partial charge >= 0.3 is 0 Å². The van der Waals surface area contributed by atoms with Gasteiger partial charge in [-0.2, -0.15) is 0 Å². The van der Waals surface area contributed by atoms with Crippen LogP contribution in [0.4, 0.5) is 0 Å². The average Bonchev–Trinajstić information content (AvgIpc) is 2.34. The maximum absolute atomic E-state index is 11.6. The van der Waals surface area contributed by atoms with E-state index in [2.05, 4.69) is 31.3 Å². The van der Waals surface area contributed by atoms with Gasteiger partial charge in [0.1, 0.15) is 9.84 Å². The summed E-state index contributed by atoms with van der Waals surface area (Å²) < 4.78 is 22.0. The van der Waals surface area contributed by atoms with E-state index in [4.69, 9.17) is 0 Å². The van der Waals surface area contributed by atoms with Crippen molar-refractivity contribution in [1.29, 1.82) is 0 Å². The molecule has 0 aliphatic rings. The SMILES string of the molecule is CC(C)(CNC(=O)CCS(C)(=O)=O)Cc1ccccc1. The van der Waals surface area contributed by atoms with Crippen LogP contribution in [0.15, 0.2) is 30.3 Å². The zero-order valence-electron chi connectivity index (χ0n) is 12.3. The first-order valence-corrected chi connectivity index (χ1v) is 8.72. The van der Waals surface area contributed by atoms with E-state index < -0.39 is 9.84 Å². The van der Waals surface area contributed by atoms with Gasteiger partial charge < -0.3 is 5.32 Å². The van der Waals surface area contributed by atoms with Gasteiger partial charge in [0.2, 0.25) is 5.91 Å². The summed E-state index contributed by atoms with van der Waals surface area (Å²) in [6.45, 7) is 4.69. The Labute approximate surface area is 121 Å². The summed E-state index contributed by atoms with van der Waals surface area (Å²) >= 11 is 0. The molecule has 0 saturated carbocycles. The normalized spacial score (nSPS) is 12.2. The number of hydrogen-bond acceptors (Lipinski definition) is 3. The summed E-state index contributed by atoms with van der Waals surface area (Å²) in [6.07, 6.45) is 2.03. The molecule has 5 heteroatoms. The first kappa shape index (κ1) is 16.7. The zero-order chi connectivity index (χ0) is 15.2. The summed E-state index contributed by atoms with van der Waals surface area (Å²) in [4.78, 5) is 11.6. The predicted molar refractivity (Wildman–Crippen MR) is 81.3 cm³/mol. The van der Waals surface area contributed by atoms with Gasteiger partial charge in [-0.3, -0.25) is 4.79 Å². The fourth-order valence-corrected chi connectivity index (χ4v) is 2.47. The highest BCUT2D eigenvalue weighted by molar-refractivity contribution is 7.90. The molecule has 1 rings (SSSR count). The third kappa shape index (κ3) is 7.28. The molecule has 0 bridgehead atoms. The minimum absolute atomic E-state index is 0.0280. The molecule has 1 N–H and O–H groups in total. The first-order valence-electron chi connectivity index (χ1n) is 6.66. The molecule has 20 heavy (non-hydrogen) atoms. The van der Waals surface area contributed by atoms with Crippen molar-refractivity contribution in [3.63, 3.8) is 0 Å². The molecule has 0 aliphatic carbocycles.